The summed E-state index contributed by atoms with van der Waals surface area (Å²) in [6.45, 7) is 0.497. The molecule has 20 heavy (non-hydrogen) atoms. The summed E-state index contributed by atoms with van der Waals surface area (Å²) in [5.74, 6) is 0.767. The number of aliphatic hydroxyl groups excluding tert-OH is 1. The summed E-state index contributed by atoms with van der Waals surface area (Å²) in [6, 6.07) is 15.4. The molecule has 1 aromatic heterocycles. The van der Waals surface area contributed by atoms with E-state index in [9.17, 15) is 5.11 Å². The maximum absolute atomic E-state index is 10.3. The second kappa shape index (κ2) is 3.98. The minimum Gasteiger partial charge on any atom is -0.399 e. The average Bonchev–Trinajstić information content (AvgIpc) is 2.98. The summed E-state index contributed by atoms with van der Waals surface area (Å²) < 4.78 is 1.87. The first kappa shape index (κ1) is 11.3. The maximum Gasteiger partial charge on any atom is 0.213 e. The van der Waals surface area contributed by atoms with Gasteiger partial charge in [-0.25, -0.2) is 4.98 Å². The van der Waals surface area contributed by atoms with Crippen LogP contribution in [-0.2, 0) is 0 Å². The van der Waals surface area contributed by atoms with Crippen molar-refractivity contribution in [3.05, 3.63) is 48.5 Å². The minimum atomic E-state index is -0.588. The Labute approximate surface area is 115 Å². The van der Waals surface area contributed by atoms with Gasteiger partial charge in [0, 0.05) is 11.4 Å². The Balaban J connectivity index is 1.89. The van der Waals surface area contributed by atoms with Crippen LogP contribution in [0.15, 0.2) is 48.5 Å². The van der Waals surface area contributed by atoms with Crippen LogP contribution in [0.1, 0.15) is 6.23 Å². The number of hydrogen-bond acceptors (Lipinski definition) is 4. The van der Waals surface area contributed by atoms with E-state index >= 15 is 0 Å². The fourth-order valence-electron chi connectivity index (χ4n) is 2.72. The van der Waals surface area contributed by atoms with Gasteiger partial charge in [0.05, 0.1) is 17.6 Å². The van der Waals surface area contributed by atoms with E-state index in [-0.39, 0.29) is 0 Å². The summed E-state index contributed by atoms with van der Waals surface area (Å²) >= 11 is 0. The maximum atomic E-state index is 10.3. The highest BCUT2D eigenvalue weighted by atomic mass is 16.3. The second-order valence-electron chi connectivity index (χ2n) is 4.95. The number of nitrogens with zero attached hydrogens (tertiary/aromatic N) is 3. The van der Waals surface area contributed by atoms with Gasteiger partial charge in [0.15, 0.2) is 6.23 Å². The second-order valence-corrected chi connectivity index (χ2v) is 4.95. The van der Waals surface area contributed by atoms with Crippen molar-refractivity contribution in [2.75, 3.05) is 17.2 Å². The number of β-amino-alcohol motifs (C(OH)–C–C–N with tert-alkyl or cyclic N) is 1. The zero-order chi connectivity index (χ0) is 13.7. The largest absolute Gasteiger partial charge is 0.399 e. The molecule has 2 heterocycles. The molecule has 0 saturated carbocycles. The first-order valence-electron chi connectivity index (χ1n) is 6.52. The number of rotatable bonds is 1. The van der Waals surface area contributed by atoms with Crippen molar-refractivity contribution in [2.45, 2.75) is 6.23 Å². The molecule has 3 aromatic rings. The molecule has 0 amide bonds. The van der Waals surface area contributed by atoms with Crippen LogP contribution in [0.3, 0.4) is 0 Å². The highest BCUT2D eigenvalue weighted by molar-refractivity contribution is 5.81. The molecule has 5 nitrogen and oxygen atoms in total. The van der Waals surface area contributed by atoms with Crippen molar-refractivity contribution in [2.24, 2.45) is 0 Å². The molecule has 1 aliphatic heterocycles. The van der Waals surface area contributed by atoms with Crippen LogP contribution in [0.5, 0.6) is 0 Å². The number of fused-ring (bicyclic) bond motifs is 3. The first-order chi connectivity index (χ1) is 9.74. The van der Waals surface area contributed by atoms with Crippen LogP contribution < -0.4 is 10.6 Å². The van der Waals surface area contributed by atoms with Crippen molar-refractivity contribution in [3.8, 4) is 0 Å². The zero-order valence-corrected chi connectivity index (χ0v) is 10.8. The molecule has 3 N–H and O–H groups in total. The van der Waals surface area contributed by atoms with Gasteiger partial charge in [0.25, 0.3) is 0 Å². The normalized spacial score (nSPS) is 17.6. The molecule has 4 rings (SSSR count). The number of imidazole rings is 1. The van der Waals surface area contributed by atoms with Crippen LogP contribution >= 0.6 is 0 Å². The molecule has 1 atom stereocenters. The number of anilines is 3. The predicted molar refractivity (Wildman–Crippen MR) is 78.8 cm³/mol. The summed E-state index contributed by atoms with van der Waals surface area (Å²) in [4.78, 5) is 6.63. The van der Waals surface area contributed by atoms with Gasteiger partial charge in [-0.3, -0.25) is 4.57 Å². The molecule has 2 aromatic carbocycles. The van der Waals surface area contributed by atoms with Crippen LogP contribution in [0.2, 0.25) is 0 Å². The topological polar surface area (TPSA) is 67.3 Å². The van der Waals surface area contributed by atoms with Crippen molar-refractivity contribution < 1.29 is 5.11 Å². The first-order valence-corrected chi connectivity index (χ1v) is 6.52. The predicted octanol–water partition coefficient (Wildman–Crippen LogP) is 2.26. The van der Waals surface area contributed by atoms with Gasteiger partial charge in [-0.1, -0.05) is 12.1 Å². The third-order valence-electron chi connectivity index (χ3n) is 3.67. The molecule has 0 aliphatic carbocycles. The van der Waals surface area contributed by atoms with Gasteiger partial charge in [-0.15, -0.1) is 0 Å². The monoisotopic (exact) mass is 266 g/mol. The SMILES string of the molecule is Nc1ccc(N2CC(O)n3c2nc2ccccc23)cc1. The Morgan fingerprint density at radius 3 is 2.65 bits per heavy atom. The van der Waals surface area contributed by atoms with Crippen molar-refractivity contribution >= 4 is 28.4 Å². The van der Waals surface area contributed by atoms with E-state index in [1.54, 1.807) is 0 Å². The average molecular weight is 266 g/mol. The Bertz CT molecular complexity index is 778. The van der Waals surface area contributed by atoms with Crippen molar-refractivity contribution in [3.63, 3.8) is 0 Å². The van der Waals surface area contributed by atoms with Gasteiger partial charge >= 0.3 is 0 Å². The fourth-order valence-corrected chi connectivity index (χ4v) is 2.72. The number of nitrogens with two attached hydrogens (primary N) is 1. The smallest absolute Gasteiger partial charge is 0.213 e. The number of aliphatic hydroxyl groups is 1. The Morgan fingerprint density at radius 1 is 1.10 bits per heavy atom. The zero-order valence-electron chi connectivity index (χ0n) is 10.8. The van der Waals surface area contributed by atoms with Crippen LogP contribution in [-0.4, -0.2) is 21.2 Å². The lowest BCUT2D eigenvalue weighted by atomic mass is 10.2. The van der Waals surface area contributed by atoms with E-state index in [1.807, 2.05) is 58.0 Å². The molecule has 1 unspecified atom stereocenters. The summed E-state index contributed by atoms with van der Waals surface area (Å²) in [6.07, 6.45) is -0.588. The number of benzene rings is 2. The van der Waals surface area contributed by atoms with Gasteiger partial charge in [-0.05, 0) is 36.4 Å². The number of aromatic nitrogens is 2. The number of para-hydroxylation sites is 2. The fraction of sp³-hybridized carbons (Fsp3) is 0.133. The Morgan fingerprint density at radius 2 is 1.85 bits per heavy atom. The summed E-state index contributed by atoms with van der Waals surface area (Å²) in [7, 11) is 0. The van der Waals surface area contributed by atoms with E-state index in [0.717, 1.165) is 28.4 Å². The van der Waals surface area contributed by atoms with E-state index in [1.165, 1.54) is 0 Å². The Kier molecular flexibility index (Phi) is 2.25. The standard InChI is InChI=1S/C15H14N4O/c16-10-5-7-11(8-6-10)18-9-14(20)19-13-4-2-1-3-12(13)17-15(18)19/h1-8,14,20H,9,16H2. The van der Waals surface area contributed by atoms with Crippen LogP contribution in [0.4, 0.5) is 17.3 Å². The quantitative estimate of drug-likeness (QED) is 0.663. The lowest BCUT2D eigenvalue weighted by molar-refractivity contribution is 0.134. The molecule has 1 aliphatic rings. The molecule has 100 valence electrons. The molecule has 0 fully saturated rings. The molecular formula is C15H14N4O. The van der Waals surface area contributed by atoms with Gasteiger partial charge in [0.2, 0.25) is 5.95 Å². The van der Waals surface area contributed by atoms with Gasteiger partial charge in [0.1, 0.15) is 0 Å². The van der Waals surface area contributed by atoms with E-state index in [4.69, 9.17) is 5.73 Å². The summed E-state index contributed by atoms with van der Waals surface area (Å²) in [5, 5.41) is 10.3. The lowest BCUT2D eigenvalue weighted by Gasteiger charge is -2.16. The van der Waals surface area contributed by atoms with E-state index in [2.05, 4.69) is 4.98 Å². The molecule has 0 radical (unpaired) electrons. The van der Waals surface area contributed by atoms with Gasteiger partial charge < -0.3 is 15.7 Å². The van der Waals surface area contributed by atoms with E-state index in [0.29, 0.717) is 6.54 Å². The molecule has 0 bridgehead atoms. The van der Waals surface area contributed by atoms with Crippen molar-refractivity contribution in [1.29, 1.82) is 0 Å². The minimum absolute atomic E-state index is 0.497. The molecule has 0 saturated heterocycles. The van der Waals surface area contributed by atoms with E-state index < -0.39 is 6.23 Å². The molecule has 0 spiro atoms. The summed E-state index contributed by atoms with van der Waals surface area (Å²) in [5.41, 5.74) is 9.27. The van der Waals surface area contributed by atoms with Crippen molar-refractivity contribution in [1.82, 2.24) is 9.55 Å². The van der Waals surface area contributed by atoms with Crippen LogP contribution in [0, 0.1) is 0 Å². The number of hydrogen-bond donors (Lipinski definition) is 2. The van der Waals surface area contributed by atoms with Crippen LogP contribution in [0.25, 0.3) is 11.0 Å². The highest BCUT2D eigenvalue weighted by Gasteiger charge is 2.31. The highest BCUT2D eigenvalue weighted by Crippen LogP contribution is 2.37. The lowest BCUT2D eigenvalue weighted by Crippen LogP contribution is -2.16. The molecular weight excluding hydrogens is 252 g/mol. The third kappa shape index (κ3) is 1.50. The molecule has 5 heteroatoms. The van der Waals surface area contributed by atoms with Gasteiger partial charge in [-0.2, -0.15) is 0 Å². The Hall–Kier alpha value is -2.53. The third-order valence-corrected chi connectivity index (χ3v) is 3.67. The number of nitrogen functional groups attached to an aromatic ring is 1.